The number of anilines is 1. The highest BCUT2D eigenvalue weighted by Crippen LogP contribution is 2.30. The van der Waals surface area contributed by atoms with Gasteiger partial charge in [0.15, 0.2) is 0 Å². The van der Waals surface area contributed by atoms with E-state index >= 15 is 0 Å². The predicted molar refractivity (Wildman–Crippen MR) is 127 cm³/mol. The summed E-state index contributed by atoms with van der Waals surface area (Å²) in [5.74, 6) is 0. The molecule has 8 nitrogen and oxygen atoms in total. The Labute approximate surface area is 185 Å². The molecule has 1 saturated heterocycles. The number of aromatic nitrogens is 6. The van der Waals surface area contributed by atoms with Crippen molar-refractivity contribution < 1.29 is 0 Å². The summed E-state index contributed by atoms with van der Waals surface area (Å²) < 4.78 is 1.83. The van der Waals surface area contributed by atoms with Crippen molar-refractivity contribution in [2.24, 2.45) is 7.05 Å². The van der Waals surface area contributed by atoms with E-state index in [2.05, 4.69) is 67.5 Å². The summed E-state index contributed by atoms with van der Waals surface area (Å²) >= 11 is 0. The number of rotatable bonds is 3. The lowest BCUT2D eigenvalue weighted by atomic mass is 10.1. The molecule has 0 aliphatic carbocycles. The number of aromatic amines is 1. The normalized spacial score (nSPS) is 15.1. The molecule has 1 aliphatic heterocycles. The number of benzene rings is 1. The van der Waals surface area contributed by atoms with Gasteiger partial charge in [0.2, 0.25) is 0 Å². The Morgan fingerprint density at radius 1 is 0.875 bits per heavy atom. The van der Waals surface area contributed by atoms with Gasteiger partial charge in [-0.05, 0) is 37.4 Å². The van der Waals surface area contributed by atoms with E-state index in [4.69, 9.17) is 4.98 Å². The van der Waals surface area contributed by atoms with E-state index in [1.54, 1.807) is 6.20 Å². The Morgan fingerprint density at radius 3 is 2.50 bits per heavy atom. The molecule has 1 fully saturated rings. The van der Waals surface area contributed by atoms with E-state index in [9.17, 15) is 0 Å². The number of H-pyrrole nitrogens is 1. The van der Waals surface area contributed by atoms with Crippen molar-refractivity contribution in [1.82, 2.24) is 34.8 Å². The summed E-state index contributed by atoms with van der Waals surface area (Å²) in [6.07, 6.45) is 3.62. The van der Waals surface area contributed by atoms with Gasteiger partial charge >= 0.3 is 0 Å². The number of nitrogens with zero attached hydrogens (tertiary/aromatic N) is 7. The number of hydrogen-bond acceptors (Lipinski definition) is 6. The largest absolute Gasteiger partial charge is 0.369 e. The van der Waals surface area contributed by atoms with Crippen molar-refractivity contribution in [3.63, 3.8) is 0 Å². The van der Waals surface area contributed by atoms with Gasteiger partial charge in [-0.25, -0.2) is 4.98 Å². The third-order valence-corrected chi connectivity index (χ3v) is 6.31. The quantitative estimate of drug-likeness (QED) is 0.479. The van der Waals surface area contributed by atoms with Crippen LogP contribution < -0.4 is 4.90 Å². The first-order valence-corrected chi connectivity index (χ1v) is 10.8. The van der Waals surface area contributed by atoms with Crippen molar-refractivity contribution in [3.8, 4) is 22.5 Å². The maximum absolute atomic E-state index is 4.94. The molecule has 0 radical (unpaired) electrons. The van der Waals surface area contributed by atoms with E-state index < -0.39 is 0 Å². The molecule has 0 saturated carbocycles. The number of piperazine rings is 1. The van der Waals surface area contributed by atoms with Crippen LogP contribution >= 0.6 is 0 Å². The monoisotopic (exact) mass is 424 g/mol. The van der Waals surface area contributed by atoms with Crippen LogP contribution in [0.1, 0.15) is 0 Å². The molecule has 1 aliphatic rings. The summed E-state index contributed by atoms with van der Waals surface area (Å²) in [4.78, 5) is 14.3. The maximum atomic E-state index is 4.94. The Hall–Kier alpha value is -3.78. The second-order valence-electron chi connectivity index (χ2n) is 8.40. The third kappa shape index (κ3) is 3.20. The van der Waals surface area contributed by atoms with Crippen LogP contribution in [-0.2, 0) is 7.05 Å². The van der Waals surface area contributed by atoms with Gasteiger partial charge in [0, 0.05) is 56.2 Å². The number of aryl methyl sites for hydroxylation is 1. The molecule has 0 bridgehead atoms. The SMILES string of the molecule is CN1CCN(c2ccc(-c3n[nH]c4ccc(-c5cnc6cnn(C)c6c5)nc34)cc2)CC1. The fourth-order valence-corrected chi connectivity index (χ4v) is 4.32. The highest BCUT2D eigenvalue weighted by Gasteiger charge is 2.16. The van der Waals surface area contributed by atoms with Crippen LogP contribution in [0.25, 0.3) is 44.6 Å². The van der Waals surface area contributed by atoms with Gasteiger partial charge in [-0.1, -0.05) is 12.1 Å². The van der Waals surface area contributed by atoms with Gasteiger partial charge in [0.1, 0.15) is 16.7 Å². The Bertz CT molecular complexity index is 1410. The first-order valence-electron chi connectivity index (χ1n) is 10.8. The number of pyridine rings is 2. The highest BCUT2D eigenvalue weighted by molar-refractivity contribution is 5.91. The van der Waals surface area contributed by atoms with Gasteiger partial charge in [0.05, 0.1) is 22.9 Å². The van der Waals surface area contributed by atoms with Crippen molar-refractivity contribution in [2.45, 2.75) is 0 Å². The first kappa shape index (κ1) is 18.9. The minimum Gasteiger partial charge on any atom is -0.369 e. The molecule has 4 aromatic heterocycles. The number of fused-ring (bicyclic) bond motifs is 2. The molecule has 1 N–H and O–H groups in total. The van der Waals surface area contributed by atoms with Crippen LogP contribution in [-0.4, -0.2) is 68.1 Å². The lowest BCUT2D eigenvalue weighted by Crippen LogP contribution is -2.44. The lowest BCUT2D eigenvalue weighted by molar-refractivity contribution is 0.313. The van der Waals surface area contributed by atoms with Crippen molar-refractivity contribution in [1.29, 1.82) is 0 Å². The second kappa shape index (κ2) is 7.42. The smallest absolute Gasteiger partial charge is 0.118 e. The number of hydrogen-bond donors (Lipinski definition) is 1. The minimum absolute atomic E-state index is 0.861. The summed E-state index contributed by atoms with van der Waals surface area (Å²) in [5, 5.41) is 12.0. The fourth-order valence-electron chi connectivity index (χ4n) is 4.32. The fraction of sp³-hybridized carbons (Fsp3) is 0.250. The molecule has 0 spiro atoms. The van der Waals surface area contributed by atoms with Crippen LogP contribution in [0.15, 0.2) is 54.9 Å². The van der Waals surface area contributed by atoms with Crippen LogP contribution in [0.2, 0.25) is 0 Å². The predicted octanol–water partition coefficient (Wildman–Crippen LogP) is 3.33. The Morgan fingerprint density at radius 2 is 1.69 bits per heavy atom. The molecule has 6 rings (SSSR count). The van der Waals surface area contributed by atoms with Crippen LogP contribution in [0.5, 0.6) is 0 Å². The Balaban J connectivity index is 1.35. The Kier molecular flexibility index (Phi) is 4.39. The van der Waals surface area contributed by atoms with E-state index in [-0.39, 0.29) is 0 Å². The zero-order valence-electron chi connectivity index (χ0n) is 18.2. The van der Waals surface area contributed by atoms with Crippen molar-refractivity contribution in [2.75, 3.05) is 38.1 Å². The summed E-state index contributed by atoms with van der Waals surface area (Å²) in [7, 11) is 4.10. The van der Waals surface area contributed by atoms with Crippen molar-refractivity contribution >= 4 is 27.8 Å². The zero-order chi connectivity index (χ0) is 21.7. The van der Waals surface area contributed by atoms with Gasteiger partial charge in [-0.3, -0.25) is 14.8 Å². The number of likely N-dealkylation sites (N-methyl/N-ethyl adjacent to an activating group) is 1. The van der Waals surface area contributed by atoms with E-state index in [1.165, 1.54) is 5.69 Å². The van der Waals surface area contributed by atoms with E-state index in [0.717, 1.165) is 70.8 Å². The average molecular weight is 425 g/mol. The maximum Gasteiger partial charge on any atom is 0.118 e. The summed E-state index contributed by atoms with van der Waals surface area (Å²) in [6, 6.07) is 14.8. The second-order valence-corrected chi connectivity index (χ2v) is 8.40. The standard InChI is InChI=1S/C24H24N8/c1-30-9-11-32(12-10-30)18-5-3-16(4-6-18)23-24-20(28-29-23)8-7-19(27-24)17-13-22-21(25-14-17)15-26-31(22)2/h3-8,13-15H,9-12H2,1-2H3,(H,28,29). The van der Waals surface area contributed by atoms with Crippen molar-refractivity contribution in [3.05, 3.63) is 54.9 Å². The minimum atomic E-state index is 0.861. The molecule has 32 heavy (non-hydrogen) atoms. The first-order chi connectivity index (χ1) is 15.7. The molecule has 0 atom stereocenters. The van der Waals surface area contributed by atoms with Crippen LogP contribution in [0, 0.1) is 0 Å². The third-order valence-electron chi connectivity index (χ3n) is 6.31. The summed E-state index contributed by atoms with van der Waals surface area (Å²) in [6.45, 7) is 4.30. The van der Waals surface area contributed by atoms with Gasteiger partial charge in [0.25, 0.3) is 0 Å². The molecular weight excluding hydrogens is 400 g/mol. The zero-order valence-corrected chi connectivity index (χ0v) is 18.2. The molecule has 5 aromatic rings. The molecule has 0 amide bonds. The molecular formula is C24H24N8. The van der Waals surface area contributed by atoms with E-state index in [1.807, 2.05) is 30.1 Å². The lowest BCUT2D eigenvalue weighted by Gasteiger charge is -2.34. The molecule has 8 heteroatoms. The van der Waals surface area contributed by atoms with E-state index in [0.29, 0.717) is 0 Å². The average Bonchev–Trinajstić information content (AvgIpc) is 3.42. The van der Waals surface area contributed by atoms with Gasteiger partial charge in [-0.15, -0.1) is 0 Å². The highest BCUT2D eigenvalue weighted by atomic mass is 15.3. The molecule has 160 valence electrons. The van der Waals surface area contributed by atoms with Gasteiger partial charge < -0.3 is 9.80 Å². The summed E-state index contributed by atoms with van der Waals surface area (Å²) in [5.41, 5.74) is 8.64. The number of nitrogens with one attached hydrogen (secondary N) is 1. The molecule has 5 heterocycles. The molecule has 0 unspecified atom stereocenters. The van der Waals surface area contributed by atoms with Gasteiger partial charge in [-0.2, -0.15) is 10.2 Å². The molecule has 1 aromatic carbocycles. The van der Waals surface area contributed by atoms with Crippen LogP contribution in [0.3, 0.4) is 0 Å². The van der Waals surface area contributed by atoms with Crippen LogP contribution in [0.4, 0.5) is 5.69 Å². The topological polar surface area (TPSA) is 78.8 Å².